The van der Waals surface area contributed by atoms with Crippen LogP contribution in [0.3, 0.4) is 0 Å². The van der Waals surface area contributed by atoms with Gasteiger partial charge in [0.05, 0.1) is 7.11 Å². The van der Waals surface area contributed by atoms with E-state index in [1.807, 2.05) is 0 Å². The van der Waals surface area contributed by atoms with Gasteiger partial charge in [-0.1, -0.05) is 20.3 Å². The summed E-state index contributed by atoms with van der Waals surface area (Å²) < 4.78 is 4.55. The van der Waals surface area contributed by atoms with E-state index in [0.717, 1.165) is 6.42 Å². The molecule has 94 valence electrons. The second-order valence-corrected chi connectivity index (χ2v) is 4.11. The number of nitrogens with zero attached hydrogens (tertiary/aromatic N) is 2. The minimum absolute atomic E-state index is 0.217. The Hall–Kier alpha value is -1.65. The van der Waals surface area contributed by atoms with Crippen molar-refractivity contribution in [3.05, 3.63) is 17.8 Å². The molecule has 5 nitrogen and oxygen atoms in total. The lowest BCUT2D eigenvalue weighted by molar-refractivity contribution is 0.0593. The van der Waals surface area contributed by atoms with Crippen molar-refractivity contribution in [1.29, 1.82) is 0 Å². The van der Waals surface area contributed by atoms with Crippen molar-refractivity contribution in [3.8, 4) is 0 Å². The van der Waals surface area contributed by atoms with E-state index in [2.05, 4.69) is 41.0 Å². The molecule has 0 saturated carbocycles. The van der Waals surface area contributed by atoms with Crippen molar-refractivity contribution >= 4 is 11.8 Å². The standard InChI is InChI=1S/C12H19N3O2/c1-5-8(2)9(3)13-11-7-6-10(14-15-11)12(16)17-4/h6-9H,5H2,1-4H3,(H,13,15). The first kappa shape index (κ1) is 13.4. The number of ether oxygens (including phenoxy) is 1. The highest BCUT2D eigenvalue weighted by Crippen LogP contribution is 2.12. The van der Waals surface area contributed by atoms with Crippen molar-refractivity contribution in [2.24, 2.45) is 5.92 Å². The van der Waals surface area contributed by atoms with Crippen molar-refractivity contribution in [2.75, 3.05) is 12.4 Å². The Balaban J connectivity index is 2.65. The number of nitrogens with one attached hydrogen (secondary N) is 1. The largest absolute Gasteiger partial charge is 0.464 e. The van der Waals surface area contributed by atoms with Gasteiger partial charge in [-0.3, -0.25) is 0 Å². The van der Waals surface area contributed by atoms with Crippen LogP contribution in [0.5, 0.6) is 0 Å². The van der Waals surface area contributed by atoms with Crippen LogP contribution in [0.25, 0.3) is 0 Å². The van der Waals surface area contributed by atoms with Gasteiger partial charge < -0.3 is 10.1 Å². The summed E-state index contributed by atoms with van der Waals surface area (Å²) in [6.07, 6.45) is 1.10. The molecule has 0 aliphatic carbocycles. The van der Waals surface area contributed by atoms with Crippen LogP contribution in [0.1, 0.15) is 37.7 Å². The average Bonchev–Trinajstić information content (AvgIpc) is 2.37. The van der Waals surface area contributed by atoms with Gasteiger partial charge in [0.25, 0.3) is 0 Å². The van der Waals surface area contributed by atoms with Gasteiger partial charge in [0, 0.05) is 6.04 Å². The predicted octanol–water partition coefficient (Wildman–Crippen LogP) is 2.11. The number of methoxy groups -OCH3 is 1. The van der Waals surface area contributed by atoms with E-state index in [1.165, 1.54) is 7.11 Å². The van der Waals surface area contributed by atoms with Crippen LogP contribution in [0.2, 0.25) is 0 Å². The van der Waals surface area contributed by atoms with E-state index >= 15 is 0 Å². The summed E-state index contributed by atoms with van der Waals surface area (Å²) in [5, 5.41) is 11.0. The fourth-order valence-electron chi connectivity index (χ4n) is 1.35. The number of carbonyl (C=O) groups is 1. The first-order valence-electron chi connectivity index (χ1n) is 5.77. The van der Waals surface area contributed by atoms with Gasteiger partial charge in [-0.2, -0.15) is 0 Å². The first-order valence-corrected chi connectivity index (χ1v) is 5.77. The van der Waals surface area contributed by atoms with Crippen molar-refractivity contribution in [1.82, 2.24) is 10.2 Å². The van der Waals surface area contributed by atoms with Gasteiger partial charge in [-0.15, -0.1) is 10.2 Å². The lowest BCUT2D eigenvalue weighted by atomic mass is 10.0. The lowest BCUT2D eigenvalue weighted by Gasteiger charge is -2.19. The van der Waals surface area contributed by atoms with Crippen LogP contribution >= 0.6 is 0 Å². The summed E-state index contributed by atoms with van der Waals surface area (Å²) in [6.45, 7) is 6.42. The van der Waals surface area contributed by atoms with Crippen LogP contribution in [0.15, 0.2) is 12.1 Å². The normalized spacial score (nSPS) is 13.9. The molecule has 2 atom stereocenters. The molecule has 0 amide bonds. The molecule has 5 heteroatoms. The number of carbonyl (C=O) groups excluding carboxylic acids is 1. The molecule has 0 aliphatic rings. The zero-order valence-corrected chi connectivity index (χ0v) is 10.7. The van der Waals surface area contributed by atoms with E-state index in [0.29, 0.717) is 17.8 Å². The van der Waals surface area contributed by atoms with Gasteiger partial charge in [-0.05, 0) is 25.0 Å². The van der Waals surface area contributed by atoms with Gasteiger partial charge in [-0.25, -0.2) is 4.79 Å². The van der Waals surface area contributed by atoms with E-state index in [1.54, 1.807) is 12.1 Å². The third-order valence-electron chi connectivity index (χ3n) is 2.93. The summed E-state index contributed by atoms with van der Waals surface area (Å²) in [7, 11) is 1.32. The maximum absolute atomic E-state index is 11.2. The number of esters is 1. The Bertz CT molecular complexity index is 365. The molecule has 0 saturated heterocycles. The van der Waals surface area contributed by atoms with Crippen molar-refractivity contribution in [2.45, 2.75) is 33.2 Å². The third-order valence-corrected chi connectivity index (χ3v) is 2.93. The number of aromatic nitrogens is 2. The van der Waals surface area contributed by atoms with Crippen LogP contribution < -0.4 is 5.32 Å². The van der Waals surface area contributed by atoms with Crippen molar-refractivity contribution < 1.29 is 9.53 Å². The zero-order valence-electron chi connectivity index (χ0n) is 10.7. The van der Waals surface area contributed by atoms with E-state index in [9.17, 15) is 4.79 Å². The highest BCUT2D eigenvalue weighted by Gasteiger charge is 2.12. The number of hydrogen-bond donors (Lipinski definition) is 1. The predicted molar refractivity (Wildman–Crippen MR) is 65.9 cm³/mol. The molecule has 1 N–H and O–H groups in total. The maximum atomic E-state index is 11.2. The lowest BCUT2D eigenvalue weighted by Crippen LogP contribution is -2.24. The molecular formula is C12H19N3O2. The SMILES string of the molecule is CCC(C)C(C)Nc1ccc(C(=O)OC)nn1. The second kappa shape index (κ2) is 6.18. The molecule has 1 aromatic heterocycles. The number of anilines is 1. The van der Waals surface area contributed by atoms with Gasteiger partial charge in [0.15, 0.2) is 5.69 Å². The van der Waals surface area contributed by atoms with Crippen molar-refractivity contribution in [3.63, 3.8) is 0 Å². The number of rotatable bonds is 5. The molecule has 1 aromatic rings. The zero-order chi connectivity index (χ0) is 12.8. The summed E-state index contributed by atoms with van der Waals surface area (Å²) in [5.41, 5.74) is 0.217. The van der Waals surface area contributed by atoms with E-state index in [-0.39, 0.29) is 5.69 Å². The first-order chi connectivity index (χ1) is 8.08. The maximum Gasteiger partial charge on any atom is 0.358 e. The number of hydrogen-bond acceptors (Lipinski definition) is 5. The van der Waals surface area contributed by atoms with Crippen LogP contribution in [0, 0.1) is 5.92 Å². The molecule has 1 rings (SSSR count). The van der Waals surface area contributed by atoms with E-state index < -0.39 is 5.97 Å². The summed E-state index contributed by atoms with van der Waals surface area (Å²) >= 11 is 0. The molecule has 0 bridgehead atoms. The molecule has 0 radical (unpaired) electrons. The monoisotopic (exact) mass is 237 g/mol. The highest BCUT2D eigenvalue weighted by molar-refractivity contribution is 5.86. The Morgan fingerprint density at radius 3 is 2.59 bits per heavy atom. The molecule has 0 fully saturated rings. The molecule has 0 aliphatic heterocycles. The Labute approximate surface area is 102 Å². The molecule has 0 spiro atoms. The minimum Gasteiger partial charge on any atom is -0.464 e. The van der Waals surface area contributed by atoms with Gasteiger partial charge in [0.2, 0.25) is 0 Å². The van der Waals surface area contributed by atoms with Gasteiger partial charge in [0.1, 0.15) is 5.82 Å². The smallest absolute Gasteiger partial charge is 0.358 e. The summed E-state index contributed by atoms with van der Waals surface area (Å²) in [6, 6.07) is 3.65. The third kappa shape index (κ3) is 3.69. The fourth-order valence-corrected chi connectivity index (χ4v) is 1.35. The summed E-state index contributed by atoms with van der Waals surface area (Å²) in [5.74, 6) is 0.751. The second-order valence-electron chi connectivity index (χ2n) is 4.11. The molecule has 2 unspecified atom stereocenters. The van der Waals surface area contributed by atoms with Crippen LogP contribution in [-0.2, 0) is 4.74 Å². The van der Waals surface area contributed by atoms with Gasteiger partial charge >= 0.3 is 5.97 Å². The Morgan fingerprint density at radius 2 is 2.12 bits per heavy atom. The fraction of sp³-hybridized carbons (Fsp3) is 0.583. The average molecular weight is 237 g/mol. The molecule has 1 heterocycles. The molecule has 17 heavy (non-hydrogen) atoms. The summed E-state index contributed by atoms with van der Waals surface area (Å²) in [4.78, 5) is 11.2. The van der Waals surface area contributed by atoms with Crippen LogP contribution in [0.4, 0.5) is 5.82 Å². The highest BCUT2D eigenvalue weighted by atomic mass is 16.5. The topological polar surface area (TPSA) is 64.1 Å². The molecule has 0 aromatic carbocycles. The van der Waals surface area contributed by atoms with E-state index in [4.69, 9.17) is 0 Å². The van der Waals surface area contributed by atoms with Crippen LogP contribution in [-0.4, -0.2) is 29.3 Å². The Kier molecular flexibility index (Phi) is 4.87. The minimum atomic E-state index is -0.473. The quantitative estimate of drug-likeness (QED) is 0.794. The molecular weight excluding hydrogens is 218 g/mol. The Morgan fingerprint density at radius 1 is 1.41 bits per heavy atom.